The molecule has 1 aliphatic rings. The Balaban J connectivity index is 1.60. The fourth-order valence-corrected chi connectivity index (χ4v) is 3.18. The van der Waals surface area contributed by atoms with Crippen molar-refractivity contribution >= 4 is 5.91 Å². The minimum Gasteiger partial charge on any atom is -0.337 e. The Morgan fingerprint density at radius 2 is 1.83 bits per heavy atom. The highest BCUT2D eigenvalue weighted by atomic mass is 19.1. The third kappa shape index (κ3) is 4.20. The molecule has 0 aromatic heterocycles. The van der Waals surface area contributed by atoms with E-state index in [9.17, 15) is 9.18 Å². The van der Waals surface area contributed by atoms with E-state index in [1.807, 2.05) is 4.90 Å². The molecule has 1 amide bonds. The Kier molecular flexibility index (Phi) is 5.26. The van der Waals surface area contributed by atoms with Crippen LogP contribution in [-0.4, -0.2) is 41.9 Å². The lowest BCUT2D eigenvalue weighted by Crippen LogP contribution is -2.35. The Hall–Kier alpha value is -2.20. The maximum atomic E-state index is 13.0. The van der Waals surface area contributed by atoms with Crippen LogP contribution >= 0.6 is 0 Å². The molecular formula is C20H23FN2O. The highest BCUT2D eigenvalue weighted by Crippen LogP contribution is 2.13. The molecule has 3 rings (SSSR count). The van der Waals surface area contributed by atoms with Gasteiger partial charge in [-0.05, 0) is 43.2 Å². The maximum Gasteiger partial charge on any atom is 0.253 e. The van der Waals surface area contributed by atoms with Crippen molar-refractivity contribution in [1.29, 1.82) is 0 Å². The van der Waals surface area contributed by atoms with E-state index in [1.54, 1.807) is 12.1 Å². The standard InChI is InChI=1S/C20H23FN2O/c1-16-4-2-5-17(14-16)15-22-10-3-11-23(13-12-22)20(24)18-6-8-19(21)9-7-18/h2,4-9,14H,3,10-13,15H2,1H3. The molecule has 0 aliphatic carbocycles. The number of carbonyl (C=O) groups excluding carboxylic acids is 1. The second kappa shape index (κ2) is 7.58. The van der Waals surface area contributed by atoms with Crippen LogP contribution in [0.5, 0.6) is 0 Å². The first-order chi connectivity index (χ1) is 11.6. The van der Waals surface area contributed by atoms with E-state index < -0.39 is 0 Å². The number of rotatable bonds is 3. The third-order valence-corrected chi connectivity index (χ3v) is 4.46. The average molecular weight is 326 g/mol. The monoisotopic (exact) mass is 326 g/mol. The lowest BCUT2D eigenvalue weighted by Gasteiger charge is -2.22. The van der Waals surface area contributed by atoms with Gasteiger partial charge in [-0.15, -0.1) is 0 Å². The van der Waals surface area contributed by atoms with Crippen molar-refractivity contribution in [2.75, 3.05) is 26.2 Å². The van der Waals surface area contributed by atoms with Crippen LogP contribution in [0, 0.1) is 12.7 Å². The summed E-state index contributed by atoms with van der Waals surface area (Å²) in [6.45, 7) is 6.33. The van der Waals surface area contributed by atoms with Crippen LogP contribution in [0.1, 0.15) is 27.9 Å². The summed E-state index contributed by atoms with van der Waals surface area (Å²) < 4.78 is 13.0. The lowest BCUT2D eigenvalue weighted by molar-refractivity contribution is 0.0761. The van der Waals surface area contributed by atoms with Crippen LogP contribution in [0.2, 0.25) is 0 Å². The first-order valence-corrected chi connectivity index (χ1v) is 8.44. The second-order valence-corrected chi connectivity index (χ2v) is 6.42. The maximum absolute atomic E-state index is 13.0. The van der Waals surface area contributed by atoms with Gasteiger partial charge in [0.1, 0.15) is 5.82 Å². The topological polar surface area (TPSA) is 23.6 Å². The van der Waals surface area contributed by atoms with Crippen molar-refractivity contribution in [3.63, 3.8) is 0 Å². The molecule has 1 saturated heterocycles. The summed E-state index contributed by atoms with van der Waals surface area (Å²) in [5.74, 6) is -0.320. The van der Waals surface area contributed by atoms with E-state index in [4.69, 9.17) is 0 Å². The summed E-state index contributed by atoms with van der Waals surface area (Å²) in [4.78, 5) is 16.8. The fourth-order valence-electron chi connectivity index (χ4n) is 3.18. The smallest absolute Gasteiger partial charge is 0.253 e. The van der Waals surface area contributed by atoms with Crippen LogP contribution in [0.4, 0.5) is 4.39 Å². The number of benzene rings is 2. The molecule has 0 N–H and O–H groups in total. The van der Waals surface area contributed by atoms with Crippen LogP contribution in [0.3, 0.4) is 0 Å². The molecular weight excluding hydrogens is 303 g/mol. The molecule has 0 spiro atoms. The quantitative estimate of drug-likeness (QED) is 0.862. The summed E-state index contributed by atoms with van der Waals surface area (Å²) in [6.07, 6.45) is 0.957. The van der Waals surface area contributed by atoms with E-state index in [-0.39, 0.29) is 11.7 Å². The Labute approximate surface area is 142 Å². The van der Waals surface area contributed by atoms with Crippen LogP contribution in [0.25, 0.3) is 0 Å². The number of nitrogens with zero attached hydrogens (tertiary/aromatic N) is 2. The Morgan fingerprint density at radius 1 is 1.04 bits per heavy atom. The molecule has 0 unspecified atom stereocenters. The first-order valence-electron chi connectivity index (χ1n) is 8.44. The molecule has 0 radical (unpaired) electrons. The largest absolute Gasteiger partial charge is 0.337 e. The van der Waals surface area contributed by atoms with Crippen molar-refractivity contribution in [3.05, 3.63) is 71.0 Å². The van der Waals surface area contributed by atoms with Gasteiger partial charge in [-0.25, -0.2) is 4.39 Å². The van der Waals surface area contributed by atoms with E-state index in [1.165, 1.54) is 23.3 Å². The predicted molar refractivity (Wildman–Crippen MR) is 93.4 cm³/mol. The Bertz CT molecular complexity index is 699. The second-order valence-electron chi connectivity index (χ2n) is 6.42. The van der Waals surface area contributed by atoms with Gasteiger partial charge in [0, 0.05) is 38.3 Å². The Morgan fingerprint density at radius 3 is 2.58 bits per heavy atom. The summed E-state index contributed by atoms with van der Waals surface area (Å²) in [5, 5.41) is 0. The fraction of sp³-hybridized carbons (Fsp3) is 0.350. The molecule has 1 aliphatic heterocycles. The number of aryl methyl sites for hydroxylation is 1. The van der Waals surface area contributed by atoms with Crippen molar-refractivity contribution in [3.8, 4) is 0 Å². The number of hydrogen-bond donors (Lipinski definition) is 0. The van der Waals surface area contributed by atoms with Crippen LogP contribution in [-0.2, 0) is 6.54 Å². The summed E-state index contributed by atoms with van der Waals surface area (Å²) in [6, 6.07) is 14.4. The molecule has 0 atom stereocenters. The molecule has 0 bridgehead atoms. The third-order valence-electron chi connectivity index (χ3n) is 4.46. The van der Waals surface area contributed by atoms with Gasteiger partial charge in [0.25, 0.3) is 5.91 Å². The van der Waals surface area contributed by atoms with Crippen LogP contribution < -0.4 is 0 Å². The zero-order valence-corrected chi connectivity index (χ0v) is 14.0. The lowest BCUT2D eigenvalue weighted by atomic mass is 10.1. The van der Waals surface area contributed by atoms with Gasteiger partial charge in [-0.1, -0.05) is 29.8 Å². The van der Waals surface area contributed by atoms with Gasteiger partial charge in [0.05, 0.1) is 0 Å². The molecule has 2 aromatic rings. The van der Waals surface area contributed by atoms with Gasteiger partial charge in [0.2, 0.25) is 0 Å². The summed E-state index contributed by atoms with van der Waals surface area (Å²) in [7, 11) is 0. The van der Waals surface area contributed by atoms with Gasteiger partial charge >= 0.3 is 0 Å². The first kappa shape index (κ1) is 16.7. The molecule has 1 heterocycles. The minimum absolute atomic E-state index is 0.00703. The zero-order valence-electron chi connectivity index (χ0n) is 14.0. The van der Waals surface area contributed by atoms with Crippen LogP contribution in [0.15, 0.2) is 48.5 Å². The highest BCUT2D eigenvalue weighted by molar-refractivity contribution is 5.94. The molecule has 4 heteroatoms. The molecule has 1 fully saturated rings. The number of carbonyl (C=O) groups is 1. The van der Waals surface area contributed by atoms with Gasteiger partial charge in [0.15, 0.2) is 0 Å². The van der Waals surface area contributed by atoms with Crippen molar-refractivity contribution in [1.82, 2.24) is 9.80 Å². The normalized spacial score (nSPS) is 16.0. The summed E-state index contributed by atoms with van der Waals surface area (Å²) in [5.41, 5.74) is 3.15. The molecule has 126 valence electrons. The minimum atomic E-state index is -0.313. The molecule has 24 heavy (non-hydrogen) atoms. The van der Waals surface area contributed by atoms with E-state index in [0.29, 0.717) is 12.1 Å². The number of hydrogen-bond acceptors (Lipinski definition) is 2. The van der Waals surface area contributed by atoms with E-state index in [2.05, 4.69) is 36.1 Å². The SMILES string of the molecule is Cc1cccc(CN2CCCN(C(=O)c3ccc(F)cc3)CC2)c1. The van der Waals surface area contributed by atoms with E-state index >= 15 is 0 Å². The summed E-state index contributed by atoms with van der Waals surface area (Å²) >= 11 is 0. The number of halogens is 1. The van der Waals surface area contributed by atoms with Crippen molar-refractivity contribution < 1.29 is 9.18 Å². The average Bonchev–Trinajstić information content (AvgIpc) is 2.81. The predicted octanol–water partition coefficient (Wildman–Crippen LogP) is 3.48. The number of amides is 1. The zero-order chi connectivity index (χ0) is 16.9. The van der Waals surface area contributed by atoms with Crippen molar-refractivity contribution in [2.45, 2.75) is 19.9 Å². The molecule has 3 nitrogen and oxygen atoms in total. The van der Waals surface area contributed by atoms with Gasteiger partial charge in [-0.2, -0.15) is 0 Å². The highest BCUT2D eigenvalue weighted by Gasteiger charge is 2.20. The van der Waals surface area contributed by atoms with E-state index in [0.717, 1.165) is 32.6 Å². The van der Waals surface area contributed by atoms with Gasteiger partial charge < -0.3 is 4.90 Å². The van der Waals surface area contributed by atoms with Gasteiger partial charge in [-0.3, -0.25) is 9.69 Å². The van der Waals surface area contributed by atoms with Crippen molar-refractivity contribution in [2.24, 2.45) is 0 Å². The molecule has 2 aromatic carbocycles. The molecule has 0 saturated carbocycles.